The zero-order valence-electron chi connectivity index (χ0n) is 9.62. The summed E-state index contributed by atoms with van der Waals surface area (Å²) in [6.45, 7) is 4.35. The quantitative estimate of drug-likeness (QED) is 0.740. The van der Waals surface area contributed by atoms with Crippen LogP contribution >= 0.6 is 0 Å². The first kappa shape index (κ1) is 11.9. The number of hydrogen-bond donors (Lipinski definition) is 0. The molecule has 0 radical (unpaired) electrons. The molecule has 2 nitrogen and oxygen atoms in total. The minimum Gasteiger partial charge on any atom is -0.380 e. The topological polar surface area (TPSA) is 26.3 Å². The van der Waals surface area contributed by atoms with Crippen LogP contribution in [0.15, 0.2) is 24.3 Å². The Labute approximate surface area is 91.3 Å². The van der Waals surface area contributed by atoms with E-state index in [9.17, 15) is 4.79 Å². The Bertz CT molecular complexity index is 314. The number of hydrogen-bond acceptors (Lipinski definition) is 2. The van der Waals surface area contributed by atoms with Crippen LogP contribution in [0.25, 0.3) is 0 Å². The predicted molar refractivity (Wildman–Crippen MR) is 60.9 cm³/mol. The van der Waals surface area contributed by atoms with Gasteiger partial charge in [0.1, 0.15) is 5.78 Å². The lowest BCUT2D eigenvalue weighted by Gasteiger charge is -2.10. The van der Waals surface area contributed by atoms with Gasteiger partial charge in [-0.3, -0.25) is 0 Å². The van der Waals surface area contributed by atoms with Crippen molar-refractivity contribution in [2.75, 3.05) is 7.11 Å². The highest BCUT2D eigenvalue weighted by molar-refractivity contribution is 5.76. The molecule has 0 aromatic heterocycles. The fraction of sp³-hybridized carbons (Fsp3) is 0.462. The van der Waals surface area contributed by atoms with Crippen LogP contribution in [0.4, 0.5) is 0 Å². The number of Topliss-reactive ketones (excluding diaryl/α,β-unsaturated/α-hetero) is 1. The maximum Gasteiger partial charge on any atom is 0.130 e. The fourth-order valence-corrected chi connectivity index (χ4v) is 1.66. The Balaban J connectivity index is 2.66. The molecule has 0 spiro atoms. The fourth-order valence-electron chi connectivity index (χ4n) is 1.66. The average molecular weight is 206 g/mol. The molecule has 1 atom stereocenters. The largest absolute Gasteiger partial charge is 0.380 e. The highest BCUT2D eigenvalue weighted by atomic mass is 16.5. The normalized spacial score (nSPS) is 12.5. The third-order valence-electron chi connectivity index (χ3n) is 2.45. The van der Waals surface area contributed by atoms with E-state index >= 15 is 0 Å². The lowest BCUT2D eigenvalue weighted by atomic mass is 9.95. The third-order valence-corrected chi connectivity index (χ3v) is 2.45. The number of methoxy groups -OCH3 is 1. The van der Waals surface area contributed by atoms with E-state index < -0.39 is 0 Å². The maximum absolute atomic E-state index is 11.0. The van der Waals surface area contributed by atoms with Gasteiger partial charge in [0.25, 0.3) is 0 Å². The molecule has 0 bridgehead atoms. The Morgan fingerprint density at radius 3 is 2.40 bits per heavy atom. The van der Waals surface area contributed by atoms with E-state index in [4.69, 9.17) is 4.74 Å². The van der Waals surface area contributed by atoms with Crippen molar-refractivity contribution in [1.82, 2.24) is 0 Å². The van der Waals surface area contributed by atoms with Gasteiger partial charge in [0.15, 0.2) is 0 Å². The van der Waals surface area contributed by atoms with Gasteiger partial charge in [-0.15, -0.1) is 0 Å². The molecule has 0 unspecified atom stereocenters. The molecular weight excluding hydrogens is 188 g/mol. The summed E-state index contributed by atoms with van der Waals surface area (Å²) in [6.07, 6.45) is 0.615. The summed E-state index contributed by atoms with van der Waals surface area (Å²) in [5, 5.41) is 0. The Morgan fingerprint density at radius 2 is 1.93 bits per heavy atom. The number of carbonyl (C=O) groups is 1. The van der Waals surface area contributed by atoms with E-state index in [-0.39, 0.29) is 5.78 Å². The molecule has 1 rings (SSSR count). The smallest absolute Gasteiger partial charge is 0.130 e. The van der Waals surface area contributed by atoms with Gasteiger partial charge < -0.3 is 9.53 Å². The van der Waals surface area contributed by atoms with E-state index in [0.717, 1.165) is 5.56 Å². The van der Waals surface area contributed by atoms with Crippen molar-refractivity contribution in [3.63, 3.8) is 0 Å². The summed E-state index contributed by atoms with van der Waals surface area (Å²) in [5.74, 6) is 0.544. The third kappa shape index (κ3) is 3.84. The number of ether oxygens (including phenoxy) is 1. The molecule has 0 amide bonds. The molecule has 2 heteroatoms. The summed E-state index contributed by atoms with van der Waals surface area (Å²) in [6, 6.07) is 8.24. The van der Waals surface area contributed by atoms with E-state index in [1.807, 2.05) is 0 Å². The second-order valence-corrected chi connectivity index (χ2v) is 3.98. The van der Waals surface area contributed by atoms with E-state index in [1.165, 1.54) is 5.56 Å². The minimum absolute atomic E-state index is 0.239. The van der Waals surface area contributed by atoms with Crippen molar-refractivity contribution >= 4 is 5.78 Å². The second kappa shape index (κ2) is 5.66. The summed E-state index contributed by atoms with van der Waals surface area (Å²) in [7, 11) is 1.69. The molecule has 0 N–H and O–H groups in total. The van der Waals surface area contributed by atoms with E-state index in [2.05, 4.69) is 31.2 Å². The number of carbonyl (C=O) groups excluding carboxylic acids is 1. The van der Waals surface area contributed by atoms with Crippen molar-refractivity contribution in [3.05, 3.63) is 35.4 Å². The number of ketones is 1. The number of benzene rings is 1. The van der Waals surface area contributed by atoms with Crippen LogP contribution in [0.3, 0.4) is 0 Å². The molecule has 82 valence electrons. The molecule has 0 saturated carbocycles. The highest BCUT2D eigenvalue weighted by Crippen LogP contribution is 2.19. The van der Waals surface area contributed by atoms with Gasteiger partial charge in [0.2, 0.25) is 0 Å². The first-order valence-electron chi connectivity index (χ1n) is 5.20. The summed E-state index contributed by atoms with van der Waals surface area (Å²) >= 11 is 0. The van der Waals surface area contributed by atoms with Crippen LogP contribution in [0.1, 0.15) is 37.3 Å². The van der Waals surface area contributed by atoms with Gasteiger partial charge in [-0.25, -0.2) is 0 Å². The second-order valence-electron chi connectivity index (χ2n) is 3.98. The zero-order valence-corrected chi connectivity index (χ0v) is 9.62. The SMILES string of the molecule is COCc1ccc([C@H](C)CC(C)=O)cc1. The molecular formula is C13H18O2. The highest BCUT2D eigenvalue weighted by Gasteiger charge is 2.07. The lowest BCUT2D eigenvalue weighted by molar-refractivity contribution is -0.117. The maximum atomic E-state index is 11.0. The molecule has 0 saturated heterocycles. The van der Waals surface area contributed by atoms with Crippen molar-refractivity contribution < 1.29 is 9.53 Å². The van der Waals surface area contributed by atoms with Gasteiger partial charge in [-0.1, -0.05) is 31.2 Å². The molecule has 0 aliphatic carbocycles. The van der Waals surface area contributed by atoms with Gasteiger partial charge in [0, 0.05) is 13.5 Å². The first-order valence-corrected chi connectivity index (χ1v) is 5.20. The zero-order chi connectivity index (χ0) is 11.3. The molecule has 0 heterocycles. The van der Waals surface area contributed by atoms with Gasteiger partial charge in [-0.05, 0) is 24.0 Å². The molecule has 15 heavy (non-hydrogen) atoms. The van der Waals surface area contributed by atoms with Crippen LogP contribution in [0.2, 0.25) is 0 Å². The number of rotatable bonds is 5. The molecule has 0 fully saturated rings. The Kier molecular flexibility index (Phi) is 4.50. The van der Waals surface area contributed by atoms with Gasteiger partial charge >= 0.3 is 0 Å². The van der Waals surface area contributed by atoms with Crippen LogP contribution in [-0.2, 0) is 16.1 Å². The van der Waals surface area contributed by atoms with Crippen LogP contribution in [-0.4, -0.2) is 12.9 Å². The lowest BCUT2D eigenvalue weighted by Crippen LogP contribution is -2.00. The minimum atomic E-state index is 0.239. The van der Waals surface area contributed by atoms with E-state index in [1.54, 1.807) is 14.0 Å². The molecule has 1 aromatic carbocycles. The van der Waals surface area contributed by atoms with Gasteiger partial charge in [-0.2, -0.15) is 0 Å². The van der Waals surface area contributed by atoms with Crippen LogP contribution < -0.4 is 0 Å². The molecule has 0 aliphatic heterocycles. The average Bonchev–Trinajstić information content (AvgIpc) is 2.18. The van der Waals surface area contributed by atoms with Crippen LogP contribution in [0.5, 0.6) is 0 Å². The summed E-state index contributed by atoms with van der Waals surface area (Å²) in [5.41, 5.74) is 2.38. The summed E-state index contributed by atoms with van der Waals surface area (Å²) < 4.78 is 5.04. The molecule has 0 aliphatic rings. The van der Waals surface area contributed by atoms with Crippen molar-refractivity contribution in [3.8, 4) is 0 Å². The van der Waals surface area contributed by atoms with E-state index in [0.29, 0.717) is 18.9 Å². The summed E-state index contributed by atoms with van der Waals surface area (Å²) in [4.78, 5) is 11.0. The van der Waals surface area contributed by atoms with Gasteiger partial charge in [0.05, 0.1) is 6.61 Å². The van der Waals surface area contributed by atoms with Crippen molar-refractivity contribution in [2.45, 2.75) is 32.8 Å². The first-order chi connectivity index (χ1) is 7.13. The Hall–Kier alpha value is -1.15. The van der Waals surface area contributed by atoms with Crippen LogP contribution in [0, 0.1) is 0 Å². The Morgan fingerprint density at radius 1 is 1.33 bits per heavy atom. The standard InChI is InChI=1S/C13H18O2/c1-10(8-11(2)14)13-6-4-12(5-7-13)9-15-3/h4-7,10H,8-9H2,1-3H3/t10-/m1/s1. The molecule has 1 aromatic rings. The van der Waals surface area contributed by atoms with Crippen molar-refractivity contribution in [1.29, 1.82) is 0 Å². The monoisotopic (exact) mass is 206 g/mol. The van der Waals surface area contributed by atoms with Crippen molar-refractivity contribution in [2.24, 2.45) is 0 Å². The predicted octanol–water partition coefficient (Wildman–Crippen LogP) is 2.92.